The Kier molecular flexibility index (Phi) is 5.90. The van der Waals surface area contributed by atoms with E-state index in [1.807, 2.05) is 38.1 Å². The van der Waals surface area contributed by atoms with Gasteiger partial charge >= 0.3 is 0 Å². The zero-order valence-electron chi connectivity index (χ0n) is 13.4. The monoisotopic (exact) mass is 332 g/mol. The van der Waals surface area contributed by atoms with E-state index in [1.54, 1.807) is 12.1 Å². The first kappa shape index (κ1) is 17.2. The number of thiophene rings is 1. The van der Waals surface area contributed by atoms with Crippen molar-refractivity contribution in [3.8, 4) is 0 Å². The SMILES string of the molecule is CCc1sc(C(=O)NNC(=O)[C@@H](OC)c2ccccc2)cc1C. The number of amides is 2. The van der Waals surface area contributed by atoms with Crippen molar-refractivity contribution < 1.29 is 14.3 Å². The third-order valence-corrected chi connectivity index (χ3v) is 4.82. The fraction of sp³-hybridized carbons (Fsp3) is 0.294. The molecule has 6 heteroatoms. The predicted octanol–water partition coefficient (Wildman–Crippen LogP) is 2.77. The number of aryl methyl sites for hydroxylation is 2. The lowest BCUT2D eigenvalue weighted by atomic mass is 10.1. The second-order valence-corrected chi connectivity index (χ2v) is 6.18. The van der Waals surface area contributed by atoms with Crippen LogP contribution >= 0.6 is 11.3 Å². The van der Waals surface area contributed by atoms with Gasteiger partial charge in [0.2, 0.25) is 0 Å². The molecule has 23 heavy (non-hydrogen) atoms. The summed E-state index contributed by atoms with van der Waals surface area (Å²) >= 11 is 1.44. The minimum absolute atomic E-state index is 0.325. The molecule has 0 unspecified atom stereocenters. The lowest BCUT2D eigenvalue weighted by Crippen LogP contribution is -2.44. The molecule has 1 heterocycles. The molecule has 2 N–H and O–H groups in total. The quantitative estimate of drug-likeness (QED) is 0.827. The van der Waals surface area contributed by atoms with E-state index in [2.05, 4.69) is 10.9 Å². The molecule has 1 aromatic carbocycles. The van der Waals surface area contributed by atoms with Crippen LogP contribution in [0.25, 0.3) is 0 Å². The molecule has 122 valence electrons. The van der Waals surface area contributed by atoms with Crippen molar-refractivity contribution in [2.24, 2.45) is 0 Å². The van der Waals surface area contributed by atoms with Gasteiger partial charge in [0.15, 0.2) is 6.10 Å². The third-order valence-electron chi connectivity index (χ3n) is 3.44. The summed E-state index contributed by atoms with van der Waals surface area (Å²) in [5.74, 6) is -0.745. The van der Waals surface area contributed by atoms with Gasteiger partial charge in [0.25, 0.3) is 11.8 Å². The van der Waals surface area contributed by atoms with Crippen LogP contribution in [0.5, 0.6) is 0 Å². The Morgan fingerprint density at radius 3 is 2.48 bits per heavy atom. The van der Waals surface area contributed by atoms with E-state index in [4.69, 9.17) is 4.74 Å². The van der Waals surface area contributed by atoms with Crippen LogP contribution in [0.1, 0.15) is 38.7 Å². The van der Waals surface area contributed by atoms with Crippen molar-refractivity contribution >= 4 is 23.2 Å². The maximum atomic E-state index is 12.2. The molecular formula is C17H20N2O3S. The Morgan fingerprint density at radius 1 is 1.22 bits per heavy atom. The van der Waals surface area contributed by atoms with E-state index in [0.717, 1.165) is 17.5 Å². The van der Waals surface area contributed by atoms with Crippen molar-refractivity contribution in [1.82, 2.24) is 10.9 Å². The Labute approximate surface area is 139 Å². The Morgan fingerprint density at radius 2 is 1.91 bits per heavy atom. The van der Waals surface area contributed by atoms with Gasteiger partial charge in [0.1, 0.15) is 0 Å². The van der Waals surface area contributed by atoms with Crippen LogP contribution in [0.3, 0.4) is 0 Å². The number of ether oxygens (including phenoxy) is 1. The van der Waals surface area contributed by atoms with Gasteiger partial charge in [-0.3, -0.25) is 20.4 Å². The summed E-state index contributed by atoms with van der Waals surface area (Å²) < 4.78 is 5.22. The van der Waals surface area contributed by atoms with Gasteiger partial charge in [0, 0.05) is 12.0 Å². The number of rotatable bonds is 5. The van der Waals surface area contributed by atoms with Crippen LogP contribution in [0.2, 0.25) is 0 Å². The average Bonchev–Trinajstić information content (AvgIpc) is 2.95. The van der Waals surface area contributed by atoms with E-state index in [0.29, 0.717) is 4.88 Å². The zero-order valence-corrected chi connectivity index (χ0v) is 14.2. The number of methoxy groups -OCH3 is 1. The number of benzene rings is 1. The lowest BCUT2D eigenvalue weighted by Gasteiger charge is -2.15. The first-order valence-corrected chi connectivity index (χ1v) is 8.15. The largest absolute Gasteiger partial charge is 0.367 e. The van der Waals surface area contributed by atoms with Gasteiger partial charge in [-0.2, -0.15) is 0 Å². The number of hydrogen-bond acceptors (Lipinski definition) is 4. The van der Waals surface area contributed by atoms with Crippen LogP contribution in [0.15, 0.2) is 36.4 Å². The van der Waals surface area contributed by atoms with Crippen molar-refractivity contribution in [1.29, 1.82) is 0 Å². The summed E-state index contributed by atoms with van der Waals surface area (Å²) in [6.45, 7) is 4.02. The van der Waals surface area contributed by atoms with Gasteiger partial charge < -0.3 is 4.74 Å². The Hall–Kier alpha value is -2.18. The summed E-state index contributed by atoms with van der Waals surface area (Å²) in [5, 5.41) is 0. The molecule has 1 atom stereocenters. The highest BCUT2D eigenvalue weighted by atomic mass is 32.1. The van der Waals surface area contributed by atoms with E-state index in [9.17, 15) is 9.59 Å². The molecule has 0 saturated carbocycles. The molecule has 5 nitrogen and oxygen atoms in total. The maximum Gasteiger partial charge on any atom is 0.279 e. The van der Waals surface area contributed by atoms with Crippen molar-refractivity contribution in [2.75, 3.05) is 7.11 Å². The molecule has 0 bridgehead atoms. The molecule has 2 rings (SSSR count). The number of carbonyl (C=O) groups is 2. The number of hydrazine groups is 1. The molecule has 2 amide bonds. The highest BCUT2D eigenvalue weighted by Crippen LogP contribution is 2.22. The molecule has 0 aliphatic heterocycles. The zero-order chi connectivity index (χ0) is 16.8. The van der Waals surface area contributed by atoms with E-state index in [-0.39, 0.29) is 5.91 Å². The smallest absolute Gasteiger partial charge is 0.279 e. The molecule has 0 aliphatic rings. The van der Waals surface area contributed by atoms with Gasteiger partial charge in [0.05, 0.1) is 4.88 Å². The lowest BCUT2D eigenvalue weighted by molar-refractivity contribution is -0.132. The fourth-order valence-electron chi connectivity index (χ4n) is 2.25. The third kappa shape index (κ3) is 4.18. The van der Waals surface area contributed by atoms with Crippen molar-refractivity contribution in [3.63, 3.8) is 0 Å². The second-order valence-electron chi connectivity index (χ2n) is 5.04. The summed E-state index contributed by atoms with van der Waals surface area (Å²) in [5.41, 5.74) is 6.68. The summed E-state index contributed by atoms with van der Waals surface area (Å²) in [4.78, 5) is 26.1. The first-order valence-electron chi connectivity index (χ1n) is 7.34. The summed E-state index contributed by atoms with van der Waals surface area (Å²) in [6, 6.07) is 10.9. The van der Waals surface area contributed by atoms with Gasteiger partial charge in [-0.25, -0.2) is 0 Å². The normalized spacial score (nSPS) is 11.8. The van der Waals surface area contributed by atoms with Crippen molar-refractivity contribution in [2.45, 2.75) is 26.4 Å². The summed E-state index contributed by atoms with van der Waals surface area (Å²) in [7, 11) is 1.45. The fourth-order valence-corrected chi connectivity index (χ4v) is 3.26. The first-order chi connectivity index (χ1) is 11.1. The molecule has 2 aromatic rings. The minimum atomic E-state index is -0.771. The van der Waals surface area contributed by atoms with Crippen LogP contribution in [0, 0.1) is 6.92 Å². The van der Waals surface area contributed by atoms with E-state index >= 15 is 0 Å². The molecule has 1 aromatic heterocycles. The van der Waals surface area contributed by atoms with Crippen LogP contribution < -0.4 is 10.9 Å². The standard InChI is InChI=1S/C17H20N2O3S/c1-4-13-11(2)10-14(23-13)16(20)18-19-17(21)15(22-3)12-8-6-5-7-9-12/h5-10,15H,4H2,1-3H3,(H,18,20)(H,19,21)/t15-/m0/s1. The highest BCUT2D eigenvalue weighted by molar-refractivity contribution is 7.14. The van der Waals surface area contributed by atoms with E-state index in [1.165, 1.54) is 23.3 Å². The minimum Gasteiger partial charge on any atom is -0.367 e. The predicted molar refractivity (Wildman–Crippen MR) is 90.2 cm³/mol. The molecule has 0 spiro atoms. The summed E-state index contributed by atoms with van der Waals surface area (Å²) in [6.07, 6.45) is 0.114. The maximum absolute atomic E-state index is 12.2. The Bertz CT molecular complexity index is 682. The second kappa shape index (κ2) is 7.89. The molecule has 0 fully saturated rings. The highest BCUT2D eigenvalue weighted by Gasteiger charge is 2.21. The molecule has 0 radical (unpaired) electrons. The van der Waals surface area contributed by atoms with Crippen LogP contribution in [-0.2, 0) is 16.0 Å². The Balaban J connectivity index is 1.98. The molecular weight excluding hydrogens is 312 g/mol. The topological polar surface area (TPSA) is 67.4 Å². The van der Waals surface area contributed by atoms with Crippen molar-refractivity contribution in [3.05, 3.63) is 57.3 Å². The van der Waals surface area contributed by atoms with Gasteiger partial charge in [-0.05, 0) is 30.5 Å². The van der Waals surface area contributed by atoms with E-state index < -0.39 is 12.0 Å². The molecule has 0 aliphatic carbocycles. The molecule has 0 saturated heterocycles. The number of hydrogen-bond donors (Lipinski definition) is 2. The number of nitrogens with one attached hydrogen (secondary N) is 2. The van der Waals surface area contributed by atoms with Gasteiger partial charge in [-0.15, -0.1) is 11.3 Å². The average molecular weight is 332 g/mol. The number of carbonyl (C=O) groups excluding carboxylic acids is 2. The van der Waals surface area contributed by atoms with Crippen LogP contribution in [-0.4, -0.2) is 18.9 Å². The van der Waals surface area contributed by atoms with Crippen LogP contribution in [0.4, 0.5) is 0 Å². The van der Waals surface area contributed by atoms with Gasteiger partial charge in [-0.1, -0.05) is 37.3 Å².